The first kappa shape index (κ1) is 13.9. The van der Waals surface area contributed by atoms with E-state index in [0.717, 1.165) is 12.8 Å². The highest BCUT2D eigenvalue weighted by Gasteiger charge is 2.15. The fourth-order valence-corrected chi connectivity index (χ4v) is 1.34. The van der Waals surface area contributed by atoms with E-state index in [9.17, 15) is 9.59 Å². The predicted molar refractivity (Wildman–Crippen MR) is 58.5 cm³/mol. The Morgan fingerprint density at radius 3 is 2.20 bits per heavy atom. The van der Waals surface area contributed by atoms with Gasteiger partial charge in [0, 0.05) is 12.5 Å². The summed E-state index contributed by atoms with van der Waals surface area (Å²) in [5, 5.41) is 11.4. The molecule has 0 fully saturated rings. The molecule has 0 aromatic carbocycles. The molecule has 1 amide bonds. The van der Waals surface area contributed by atoms with Crippen molar-refractivity contribution < 1.29 is 14.7 Å². The molecule has 15 heavy (non-hydrogen) atoms. The number of carboxylic acid groups (broad SMARTS) is 1. The molecule has 1 unspecified atom stereocenters. The number of hydrogen-bond donors (Lipinski definition) is 2. The zero-order valence-electron chi connectivity index (χ0n) is 9.75. The maximum absolute atomic E-state index is 11.5. The second-order valence-electron chi connectivity index (χ2n) is 3.83. The molecule has 4 nitrogen and oxygen atoms in total. The van der Waals surface area contributed by atoms with Crippen LogP contribution in [0.4, 0.5) is 0 Å². The van der Waals surface area contributed by atoms with Gasteiger partial charge in [-0.15, -0.1) is 0 Å². The number of carbonyl (C=O) groups excluding carboxylic acids is 1. The molecule has 4 heteroatoms. The summed E-state index contributed by atoms with van der Waals surface area (Å²) in [4.78, 5) is 22.0. The molecule has 0 spiro atoms. The Morgan fingerprint density at radius 2 is 1.80 bits per heavy atom. The average Bonchev–Trinajstić information content (AvgIpc) is 2.19. The van der Waals surface area contributed by atoms with Crippen LogP contribution in [-0.2, 0) is 9.59 Å². The van der Waals surface area contributed by atoms with E-state index in [-0.39, 0.29) is 11.8 Å². The van der Waals surface area contributed by atoms with Gasteiger partial charge >= 0.3 is 5.97 Å². The van der Waals surface area contributed by atoms with E-state index in [1.807, 2.05) is 13.8 Å². The Labute approximate surface area is 91.1 Å². The summed E-state index contributed by atoms with van der Waals surface area (Å²) in [5.41, 5.74) is 0. The van der Waals surface area contributed by atoms with Gasteiger partial charge in [0.2, 0.25) is 5.91 Å². The van der Waals surface area contributed by atoms with Gasteiger partial charge in [-0.3, -0.25) is 9.59 Å². The maximum atomic E-state index is 11.5. The third-order valence-corrected chi connectivity index (χ3v) is 2.65. The van der Waals surface area contributed by atoms with Crippen molar-refractivity contribution >= 4 is 11.9 Å². The molecule has 0 saturated heterocycles. The van der Waals surface area contributed by atoms with Gasteiger partial charge in [0.1, 0.15) is 0 Å². The van der Waals surface area contributed by atoms with Crippen LogP contribution in [0.3, 0.4) is 0 Å². The SMILES string of the molecule is CCC(CC)C(=O)NCCC(C)C(=O)O. The van der Waals surface area contributed by atoms with Crippen molar-refractivity contribution in [2.75, 3.05) is 6.54 Å². The molecule has 1 atom stereocenters. The third-order valence-electron chi connectivity index (χ3n) is 2.65. The van der Waals surface area contributed by atoms with Gasteiger partial charge in [-0.05, 0) is 19.3 Å². The van der Waals surface area contributed by atoms with Gasteiger partial charge in [-0.1, -0.05) is 20.8 Å². The van der Waals surface area contributed by atoms with Gasteiger partial charge in [0.25, 0.3) is 0 Å². The summed E-state index contributed by atoms with van der Waals surface area (Å²) >= 11 is 0. The fourth-order valence-electron chi connectivity index (χ4n) is 1.34. The molecular weight excluding hydrogens is 194 g/mol. The summed E-state index contributed by atoms with van der Waals surface area (Å²) in [6.45, 7) is 6.05. The molecule has 0 aliphatic carbocycles. The highest BCUT2D eigenvalue weighted by molar-refractivity contribution is 5.78. The first-order valence-corrected chi connectivity index (χ1v) is 5.53. The maximum Gasteiger partial charge on any atom is 0.306 e. The topological polar surface area (TPSA) is 66.4 Å². The number of carboxylic acids is 1. The Morgan fingerprint density at radius 1 is 1.27 bits per heavy atom. The molecule has 0 aromatic heterocycles. The van der Waals surface area contributed by atoms with Gasteiger partial charge in [-0.2, -0.15) is 0 Å². The third kappa shape index (κ3) is 5.40. The first-order valence-electron chi connectivity index (χ1n) is 5.53. The minimum absolute atomic E-state index is 0.0394. The van der Waals surface area contributed by atoms with Crippen molar-refractivity contribution in [2.45, 2.75) is 40.0 Å². The van der Waals surface area contributed by atoms with E-state index < -0.39 is 11.9 Å². The normalized spacial score (nSPS) is 12.5. The lowest BCUT2D eigenvalue weighted by Crippen LogP contribution is -2.32. The van der Waals surface area contributed by atoms with Crippen molar-refractivity contribution in [2.24, 2.45) is 11.8 Å². The number of nitrogens with one attached hydrogen (secondary N) is 1. The lowest BCUT2D eigenvalue weighted by Gasteiger charge is -2.13. The Hall–Kier alpha value is -1.06. The van der Waals surface area contributed by atoms with Crippen LogP contribution < -0.4 is 5.32 Å². The molecule has 0 saturated carbocycles. The largest absolute Gasteiger partial charge is 0.481 e. The number of amides is 1. The molecule has 0 radical (unpaired) electrons. The van der Waals surface area contributed by atoms with Gasteiger partial charge in [0.05, 0.1) is 5.92 Å². The monoisotopic (exact) mass is 215 g/mol. The molecule has 2 N–H and O–H groups in total. The van der Waals surface area contributed by atoms with E-state index in [1.54, 1.807) is 6.92 Å². The summed E-state index contributed by atoms with van der Waals surface area (Å²) in [6, 6.07) is 0. The number of aliphatic carboxylic acids is 1. The molecule has 0 rings (SSSR count). The highest BCUT2D eigenvalue weighted by atomic mass is 16.4. The minimum atomic E-state index is -0.813. The zero-order valence-corrected chi connectivity index (χ0v) is 9.75. The summed E-state index contributed by atoms with van der Waals surface area (Å²) in [5.74, 6) is -1.11. The molecule has 0 heterocycles. The van der Waals surface area contributed by atoms with Crippen LogP contribution >= 0.6 is 0 Å². The van der Waals surface area contributed by atoms with Gasteiger partial charge in [0.15, 0.2) is 0 Å². The van der Waals surface area contributed by atoms with E-state index >= 15 is 0 Å². The molecule has 0 bridgehead atoms. The van der Waals surface area contributed by atoms with E-state index in [4.69, 9.17) is 5.11 Å². The van der Waals surface area contributed by atoms with Crippen molar-refractivity contribution in [3.8, 4) is 0 Å². The first-order chi connectivity index (χ1) is 7.02. The zero-order chi connectivity index (χ0) is 11.8. The average molecular weight is 215 g/mol. The number of rotatable bonds is 7. The Kier molecular flexibility index (Phi) is 6.75. The van der Waals surface area contributed by atoms with Crippen molar-refractivity contribution in [1.29, 1.82) is 0 Å². The van der Waals surface area contributed by atoms with Crippen LogP contribution in [0.15, 0.2) is 0 Å². The van der Waals surface area contributed by atoms with Crippen molar-refractivity contribution in [3.63, 3.8) is 0 Å². The summed E-state index contributed by atoms with van der Waals surface area (Å²) in [7, 11) is 0. The summed E-state index contributed by atoms with van der Waals surface area (Å²) < 4.78 is 0. The summed E-state index contributed by atoms with van der Waals surface area (Å²) in [6.07, 6.45) is 2.15. The van der Waals surface area contributed by atoms with Crippen molar-refractivity contribution in [3.05, 3.63) is 0 Å². The number of hydrogen-bond acceptors (Lipinski definition) is 2. The smallest absolute Gasteiger partial charge is 0.306 e. The van der Waals surface area contributed by atoms with Crippen LogP contribution in [0.2, 0.25) is 0 Å². The van der Waals surface area contributed by atoms with Crippen LogP contribution in [0.1, 0.15) is 40.0 Å². The van der Waals surface area contributed by atoms with E-state index in [1.165, 1.54) is 0 Å². The lowest BCUT2D eigenvalue weighted by molar-refractivity contribution is -0.141. The van der Waals surface area contributed by atoms with E-state index in [0.29, 0.717) is 13.0 Å². The quantitative estimate of drug-likeness (QED) is 0.678. The van der Waals surface area contributed by atoms with Crippen molar-refractivity contribution in [1.82, 2.24) is 5.32 Å². The lowest BCUT2D eigenvalue weighted by atomic mass is 10.0. The van der Waals surface area contributed by atoms with Crippen LogP contribution in [0, 0.1) is 11.8 Å². The second-order valence-corrected chi connectivity index (χ2v) is 3.83. The molecule has 0 aliphatic heterocycles. The second kappa shape index (κ2) is 7.26. The molecular formula is C11H21NO3. The van der Waals surface area contributed by atoms with Crippen LogP contribution in [0.5, 0.6) is 0 Å². The Balaban J connectivity index is 3.76. The predicted octanol–water partition coefficient (Wildman–Crippen LogP) is 1.65. The molecule has 0 aromatic rings. The fraction of sp³-hybridized carbons (Fsp3) is 0.818. The molecule has 88 valence electrons. The van der Waals surface area contributed by atoms with Crippen LogP contribution in [0.25, 0.3) is 0 Å². The van der Waals surface area contributed by atoms with E-state index in [2.05, 4.69) is 5.32 Å². The van der Waals surface area contributed by atoms with Gasteiger partial charge < -0.3 is 10.4 Å². The van der Waals surface area contributed by atoms with Gasteiger partial charge in [-0.25, -0.2) is 0 Å². The Bertz CT molecular complexity index is 212. The number of carbonyl (C=O) groups is 2. The standard InChI is InChI=1S/C11H21NO3/c1-4-9(5-2)10(13)12-7-6-8(3)11(14)15/h8-9H,4-7H2,1-3H3,(H,12,13)(H,14,15). The van der Waals surface area contributed by atoms with Crippen LogP contribution in [-0.4, -0.2) is 23.5 Å². The highest BCUT2D eigenvalue weighted by Crippen LogP contribution is 2.07. The minimum Gasteiger partial charge on any atom is -0.481 e. The molecule has 0 aliphatic rings.